The largest absolute Gasteiger partial charge is 0.462 e. The molecule has 0 bridgehead atoms. The number of unbranched alkanes of at least 4 members (excludes halogenated alkanes) is 36. The molecule has 0 amide bonds. The predicted octanol–water partition coefficient (Wildman–Crippen LogP) is 18.5. The third-order valence-electron chi connectivity index (χ3n) is 13.0. The molecule has 0 rings (SSSR count). The molecule has 0 unspecified atom stereocenters. The van der Waals surface area contributed by atoms with Crippen LogP contribution in [0.15, 0.2) is 0 Å². The maximum Gasteiger partial charge on any atom is 0.306 e. The zero-order valence-electron chi connectivity index (χ0n) is 43.2. The molecule has 0 aliphatic rings. The van der Waals surface area contributed by atoms with Crippen LogP contribution in [0.25, 0.3) is 0 Å². The third kappa shape index (κ3) is 51.3. The number of ether oxygens (including phenoxy) is 3. The van der Waals surface area contributed by atoms with Gasteiger partial charge in [0, 0.05) is 19.3 Å². The van der Waals surface area contributed by atoms with Gasteiger partial charge in [-0.25, -0.2) is 0 Å². The van der Waals surface area contributed by atoms with Gasteiger partial charge < -0.3 is 14.2 Å². The second-order valence-electron chi connectivity index (χ2n) is 20.5. The molecule has 0 fully saturated rings. The molecular weight excluding hydrogens is 781 g/mol. The molecule has 0 heterocycles. The van der Waals surface area contributed by atoms with Crippen molar-refractivity contribution >= 4 is 17.9 Å². The summed E-state index contributed by atoms with van der Waals surface area (Å²) in [5, 5.41) is 0. The SMILES string of the molecule is CCCCCCCCCCCCCCCCCCCCC(=O)OC[C@@H](COC(=O)CCCCCCCCCCCCCCCCC(C)C)OC(=O)CCCCCCCCCC(C)C. The second kappa shape index (κ2) is 49.8. The fourth-order valence-electron chi connectivity index (χ4n) is 8.70. The first-order chi connectivity index (χ1) is 30.7. The lowest BCUT2D eigenvalue weighted by molar-refractivity contribution is -0.167. The average Bonchev–Trinajstić information content (AvgIpc) is 3.25. The second-order valence-corrected chi connectivity index (χ2v) is 20.5. The summed E-state index contributed by atoms with van der Waals surface area (Å²) in [4.78, 5) is 38.0. The van der Waals surface area contributed by atoms with Gasteiger partial charge >= 0.3 is 17.9 Å². The van der Waals surface area contributed by atoms with Gasteiger partial charge in [-0.15, -0.1) is 0 Å². The summed E-state index contributed by atoms with van der Waals surface area (Å²) in [6.07, 6.45) is 52.5. The molecule has 0 aliphatic carbocycles. The number of rotatable bonds is 51. The molecule has 6 nitrogen and oxygen atoms in total. The molecular formula is C57H110O6. The van der Waals surface area contributed by atoms with Gasteiger partial charge in [-0.05, 0) is 31.1 Å². The summed E-state index contributed by atoms with van der Waals surface area (Å²) in [6.45, 7) is 11.4. The van der Waals surface area contributed by atoms with Gasteiger partial charge in [0.25, 0.3) is 0 Å². The van der Waals surface area contributed by atoms with E-state index in [4.69, 9.17) is 14.2 Å². The van der Waals surface area contributed by atoms with Crippen LogP contribution in [0.1, 0.15) is 317 Å². The summed E-state index contributed by atoms with van der Waals surface area (Å²) in [7, 11) is 0. The van der Waals surface area contributed by atoms with E-state index in [-0.39, 0.29) is 31.1 Å². The summed E-state index contributed by atoms with van der Waals surface area (Å²) >= 11 is 0. The molecule has 0 aromatic heterocycles. The van der Waals surface area contributed by atoms with Crippen molar-refractivity contribution in [1.82, 2.24) is 0 Å². The molecule has 0 aromatic carbocycles. The van der Waals surface area contributed by atoms with E-state index in [2.05, 4.69) is 34.6 Å². The fraction of sp³-hybridized carbons (Fsp3) is 0.947. The Labute approximate surface area is 393 Å². The van der Waals surface area contributed by atoms with Gasteiger partial charge in [0.15, 0.2) is 6.10 Å². The van der Waals surface area contributed by atoms with Crippen LogP contribution in [0.5, 0.6) is 0 Å². The van der Waals surface area contributed by atoms with E-state index in [1.807, 2.05) is 0 Å². The highest BCUT2D eigenvalue weighted by Crippen LogP contribution is 2.18. The maximum absolute atomic E-state index is 12.8. The molecule has 0 saturated carbocycles. The molecule has 63 heavy (non-hydrogen) atoms. The van der Waals surface area contributed by atoms with Crippen molar-refractivity contribution < 1.29 is 28.6 Å². The van der Waals surface area contributed by atoms with Crippen LogP contribution in [0.4, 0.5) is 0 Å². The molecule has 1 atom stereocenters. The van der Waals surface area contributed by atoms with Crippen LogP contribution in [0, 0.1) is 11.8 Å². The fourth-order valence-corrected chi connectivity index (χ4v) is 8.70. The highest BCUT2D eigenvalue weighted by atomic mass is 16.6. The summed E-state index contributed by atoms with van der Waals surface area (Å²) in [5.74, 6) is 0.777. The van der Waals surface area contributed by atoms with E-state index in [1.54, 1.807) is 0 Å². The van der Waals surface area contributed by atoms with E-state index in [9.17, 15) is 14.4 Å². The Morgan fingerprint density at radius 2 is 0.524 bits per heavy atom. The minimum atomic E-state index is -0.763. The van der Waals surface area contributed by atoms with E-state index < -0.39 is 6.10 Å². The van der Waals surface area contributed by atoms with Gasteiger partial charge in [-0.3, -0.25) is 14.4 Å². The first kappa shape index (κ1) is 61.4. The van der Waals surface area contributed by atoms with Crippen molar-refractivity contribution in [3.05, 3.63) is 0 Å². The molecule has 0 aliphatic heterocycles. The van der Waals surface area contributed by atoms with E-state index in [0.717, 1.165) is 69.6 Å². The minimum Gasteiger partial charge on any atom is -0.462 e. The molecule has 374 valence electrons. The highest BCUT2D eigenvalue weighted by molar-refractivity contribution is 5.71. The Morgan fingerprint density at radius 1 is 0.302 bits per heavy atom. The van der Waals surface area contributed by atoms with Crippen LogP contribution in [0.2, 0.25) is 0 Å². The van der Waals surface area contributed by atoms with Crippen molar-refractivity contribution in [1.29, 1.82) is 0 Å². The first-order valence-corrected chi connectivity index (χ1v) is 28.2. The Kier molecular flexibility index (Phi) is 48.6. The Balaban J connectivity index is 4.22. The molecule has 0 radical (unpaired) electrons. The standard InChI is InChI=1S/C57H110O6/c1-6-7-8-9-10-11-12-13-14-15-16-17-21-24-27-32-37-42-47-55(58)61-50-54(63-57(60)49-44-39-34-29-31-36-41-46-53(4)5)51-62-56(59)48-43-38-33-28-25-22-19-18-20-23-26-30-35-40-45-52(2)3/h52-54H,6-51H2,1-5H3/t54-/m0/s1. The molecule has 0 saturated heterocycles. The van der Waals surface area contributed by atoms with Crippen molar-refractivity contribution in [2.45, 2.75) is 323 Å². The van der Waals surface area contributed by atoms with Crippen LogP contribution in [-0.2, 0) is 28.6 Å². The van der Waals surface area contributed by atoms with Crippen molar-refractivity contribution in [2.24, 2.45) is 11.8 Å². The zero-order chi connectivity index (χ0) is 46.1. The molecule has 0 aromatic rings. The minimum absolute atomic E-state index is 0.0638. The van der Waals surface area contributed by atoms with E-state index >= 15 is 0 Å². The van der Waals surface area contributed by atoms with Gasteiger partial charge in [0.05, 0.1) is 0 Å². The summed E-state index contributed by atoms with van der Waals surface area (Å²) in [6, 6.07) is 0. The lowest BCUT2D eigenvalue weighted by atomic mass is 10.0. The smallest absolute Gasteiger partial charge is 0.306 e. The number of carbonyl (C=O) groups is 3. The monoisotopic (exact) mass is 891 g/mol. The van der Waals surface area contributed by atoms with Gasteiger partial charge in [0.2, 0.25) is 0 Å². The average molecular weight is 892 g/mol. The third-order valence-corrected chi connectivity index (χ3v) is 13.0. The summed E-state index contributed by atoms with van der Waals surface area (Å²) < 4.78 is 16.8. The Hall–Kier alpha value is -1.59. The topological polar surface area (TPSA) is 78.9 Å². The van der Waals surface area contributed by atoms with Crippen molar-refractivity contribution in [3.8, 4) is 0 Å². The van der Waals surface area contributed by atoms with Crippen LogP contribution in [-0.4, -0.2) is 37.2 Å². The van der Waals surface area contributed by atoms with Crippen LogP contribution in [0.3, 0.4) is 0 Å². The van der Waals surface area contributed by atoms with Gasteiger partial charge in [-0.1, -0.05) is 279 Å². The van der Waals surface area contributed by atoms with Crippen molar-refractivity contribution in [2.75, 3.05) is 13.2 Å². The predicted molar refractivity (Wildman–Crippen MR) is 270 cm³/mol. The van der Waals surface area contributed by atoms with Crippen LogP contribution >= 0.6 is 0 Å². The Bertz CT molecular complexity index is 962. The normalized spacial score (nSPS) is 12.0. The van der Waals surface area contributed by atoms with Crippen LogP contribution < -0.4 is 0 Å². The number of hydrogen-bond donors (Lipinski definition) is 0. The first-order valence-electron chi connectivity index (χ1n) is 28.2. The Morgan fingerprint density at radius 3 is 0.778 bits per heavy atom. The lowest BCUT2D eigenvalue weighted by Gasteiger charge is -2.18. The highest BCUT2D eigenvalue weighted by Gasteiger charge is 2.19. The lowest BCUT2D eigenvalue weighted by Crippen LogP contribution is -2.30. The van der Waals surface area contributed by atoms with E-state index in [0.29, 0.717) is 19.3 Å². The molecule has 0 spiro atoms. The molecule has 0 N–H and O–H groups in total. The number of hydrogen-bond acceptors (Lipinski definition) is 6. The van der Waals surface area contributed by atoms with E-state index in [1.165, 1.54) is 205 Å². The summed E-state index contributed by atoms with van der Waals surface area (Å²) in [5.41, 5.74) is 0. The number of esters is 3. The van der Waals surface area contributed by atoms with Gasteiger partial charge in [-0.2, -0.15) is 0 Å². The molecule has 6 heteroatoms. The quantitative estimate of drug-likeness (QED) is 0.0344. The zero-order valence-corrected chi connectivity index (χ0v) is 43.2. The van der Waals surface area contributed by atoms with Gasteiger partial charge in [0.1, 0.15) is 13.2 Å². The number of carbonyl (C=O) groups excluding carboxylic acids is 3. The maximum atomic E-state index is 12.8. The van der Waals surface area contributed by atoms with Crippen molar-refractivity contribution in [3.63, 3.8) is 0 Å².